The summed E-state index contributed by atoms with van der Waals surface area (Å²) in [4.78, 5) is 7.84. The lowest BCUT2D eigenvalue weighted by molar-refractivity contribution is 0.402. The lowest BCUT2D eigenvalue weighted by Crippen LogP contribution is -2.37. The summed E-state index contributed by atoms with van der Waals surface area (Å²) < 4.78 is 0. The third-order valence-corrected chi connectivity index (χ3v) is 4.39. The molecule has 2 rings (SSSR count). The second-order valence-electron chi connectivity index (χ2n) is 5.74. The van der Waals surface area contributed by atoms with Crippen LogP contribution in [0.4, 0.5) is 0 Å². The summed E-state index contributed by atoms with van der Waals surface area (Å²) in [7, 11) is 5.98. The summed E-state index contributed by atoms with van der Waals surface area (Å²) >= 11 is 1.79. The first-order valence-electron chi connectivity index (χ1n) is 7.87. The van der Waals surface area contributed by atoms with Crippen molar-refractivity contribution in [2.75, 3.05) is 27.7 Å². The van der Waals surface area contributed by atoms with Crippen LogP contribution in [-0.4, -0.2) is 38.5 Å². The minimum absolute atomic E-state index is 0.779. The molecule has 0 atom stereocenters. The van der Waals surface area contributed by atoms with Gasteiger partial charge in [0, 0.05) is 31.6 Å². The van der Waals surface area contributed by atoms with Crippen LogP contribution >= 0.6 is 11.3 Å². The van der Waals surface area contributed by atoms with Crippen LogP contribution in [0.25, 0.3) is 0 Å². The van der Waals surface area contributed by atoms with E-state index in [2.05, 4.69) is 76.4 Å². The maximum atomic E-state index is 4.27. The molecule has 0 aliphatic carbocycles. The third-order valence-electron chi connectivity index (χ3n) is 3.45. The predicted molar refractivity (Wildman–Crippen MR) is 100 cm³/mol. The number of aliphatic imine (C=N–C) groups is 1. The van der Waals surface area contributed by atoms with Gasteiger partial charge in [-0.2, -0.15) is 0 Å². The van der Waals surface area contributed by atoms with Gasteiger partial charge >= 0.3 is 0 Å². The van der Waals surface area contributed by atoms with Crippen molar-refractivity contribution in [1.29, 1.82) is 0 Å². The lowest BCUT2D eigenvalue weighted by Gasteiger charge is -2.13. The van der Waals surface area contributed by atoms with Crippen molar-refractivity contribution < 1.29 is 0 Å². The molecule has 0 unspecified atom stereocenters. The summed E-state index contributed by atoms with van der Waals surface area (Å²) in [5.74, 6) is 0.846. The SMILES string of the molecule is CN=C(NCCc1cccs1)NCc1ccc(CN(C)C)cc1. The maximum Gasteiger partial charge on any atom is 0.191 e. The summed E-state index contributed by atoms with van der Waals surface area (Å²) in [5.41, 5.74) is 2.59. The maximum absolute atomic E-state index is 4.27. The quantitative estimate of drug-likeness (QED) is 0.606. The Morgan fingerprint density at radius 2 is 1.83 bits per heavy atom. The Hall–Kier alpha value is -1.85. The first-order valence-corrected chi connectivity index (χ1v) is 8.75. The Labute approximate surface area is 143 Å². The van der Waals surface area contributed by atoms with E-state index in [9.17, 15) is 0 Å². The van der Waals surface area contributed by atoms with E-state index in [0.717, 1.165) is 32.0 Å². The topological polar surface area (TPSA) is 39.7 Å². The zero-order chi connectivity index (χ0) is 16.5. The van der Waals surface area contributed by atoms with Gasteiger partial charge in [0.25, 0.3) is 0 Å². The van der Waals surface area contributed by atoms with Crippen LogP contribution in [0, 0.1) is 0 Å². The third kappa shape index (κ3) is 6.42. The minimum atomic E-state index is 0.779. The molecule has 0 bridgehead atoms. The van der Waals surface area contributed by atoms with Crippen molar-refractivity contribution in [3.63, 3.8) is 0 Å². The molecule has 2 aromatic rings. The molecule has 0 saturated carbocycles. The van der Waals surface area contributed by atoms with E-state index in [1.165, 1.54) is 16.0 Å². The molecule has 5 heteroatoms. The van der Waals surface area contributed by atoms with Gasteiger partial charge in [0.05, 0.1) is 0 Å². The van der Waals surface area contributed by atoms with Gasteiger partial charge in [-0.15, -0.1) is 11.3 Å². The number of rotatable bonds is 7. The number of hydrogen-bond acceptors (Lipinski definition) is 3. The van der Waals surface area contributed by atoms with Crippen molar-refractivity contribution >= 4 is 17.3 Å². The zero-order valence-electron chi connectivity index (χ0n) is 14.2. The Morgan fingerprint density at radius 1 is 1.09 bits per heavy atom. The molecule has 1 aromatic carbocycles. The summed E-state index contributed by atoms with van der Waals surface area (Å²) in [6.45, 7) is 2.64. The Kier molecular flexibility index (Phi) is 7.10. The average Bonchev–Trinajstić information content (AvgIpc) is 3.05. The molecular weight excluding hydrogens is 304 g/mol. The molecule has 0 amide bonds. The van der Waals surface area contributed by atoms with Gasteiger partial charge in [-0.3, -0.25) is 4.99 Å². The van der Waals surface area contributed by atoms with Gasteiger partial charge in [0.15, 0.2) is 5.96 Å². The number of hydrogen-bond donors (Lipinski definition) is 2. The first kappa shape index (κ1) is 17.5. The zero-order valence-corrected chi connectivity index (χ0v) is 15.0. The van der Waals surface area contributed by atoms with E-state index >= 15 is 0 Å². The van der Waals surface area contributed by atoms with Crippen molar-refractivity contribution in [3.05, 3.63) is 57.8 Å². The standard InChI is InChI=1S/C18H26N4S/c1-19-18(20-11-10-17-5-4-12-23-17)21-13-15-6-8-16(9-7-15)14-22(2)3/h4-9,12H,10-11,13-14H2,1-3H3,(H2,19,20,21). The highest BCUT2D eigenvalue weighted by atomic mass is 32.1. The fraction of sp³-hybridized carbons (Fsp3) is 0.389. The second-order valence-corrected chi connectivity index (χ2v) is 6.77. The van der Waals surface area contributed by atoms with E-state index in [-0.39, 0.29) is 0 Å². The van der Waals surface area contributed by atoms with Crippen LogP contribution in [0.1, 0.15) is 16.0 Å². The fourth-order valence-electron chi connectivity index (χ4n) is 2.29. The minimum Gasteiger partial charge on any atom is -0.356 e. The van der Waals surface area contributed by atoms with Gasteiger partial charge in [-0.05, 0) is 43.1 Å². The second kappa shape index (κ2) is 9.33. The lowest BCUT2D eigenvalue weighted by atomic mass is 10.1. The largest absolute Gasteiger partial charge is 0.356 e. The summed E-state index contributed by atoms with van der Waals surface area (Å²) in [5, 5.41) is 8.83. The van der Waals surface area contributed by atoms with Crippen LogP contribution in [0.3, 0.4) is 0 Å². The molecule has 0 saturated heterocycles. The molecule has 0 aliphatic rings. The highest BCUT2D eigenvalue weighted by molar-refractivity contribution is 7.09. The number of guanidine groups is 1. The Morgan fingerprint density at radius 3 is 2.43 bits per heavy atom. The molecule has 2 N–H and O–H groups in total. The summed E-state index contributed by atoms with van der Waals surface area (Å²) in [6, 6.07) is 13.0. The molecule has 1 heterocycles. The Bertz CT molecular complexity index is 588. The molecule has 124 valence electrons. The molecule has 0 fully saturated rings. The molecular formula is C18H26N4S. The van der Waals surface area contributed by atoms with Crippen LogP contribution in [0.2, 0.25) is 0 Å². The van der Waals surface area contributed by atoms with Gasteiger partial charge in [0.2, 0.25) is 0 Å². The van der Waals surface area contributed by atoms with Gasteiger partial charge < -0.3 is 15.5 Å². The van der Waals surface area contributed by atoms with E-state index in [1.54, 1.807) is 18.4 Å². The van der Waals surface area contributed by atoms with E-state index < -0.39 is 0 Å². The first-order chi connectivity index (χ1) is 11.2. The van der Waals surface area contributed by atoms with Crippen LogP contribution in [-0.2, 0) is 19.5 Å². The fourth-order valence-corrected chi connectivity index (χ4v) is 3.00. The van der Waals surface area contributed by atoms with Crippen molar-refractivity contribution in [2.45, 2.75) is 19.5 Å². The van der Waals surface area contributed by atoms with Crippen molar-refractivity contribution in [3.8, 4) is 0 Å². The van der Waals surface area contributed by atoms with Gasteiger partial charge in [-0.25, -0.2) is 0 Å². The van der Waals surface area contributed by atoms with Crippen LogP contribution in [0.15, 0.2) is 46.8 Å². The van der Waals surface area contributed by atoms with E-state index in [4.69, 9.17) is 0 Å². The van der Waals surface area contributed by atoms with Crippen molar-refractivity contribution in [1.82, 2.24) is 15.5 Å². The Balaban J connectivity index is 1.74. The normalized spacial score (nSPS) is 11.7. The van der Waals surface area contributed by atoms with Crippen LogP contribution < -0.4 is 10.6 Å². The molecule has 0 radical (unpaired) electrons. The van der Waals surface area contributed by atoms with Gasteiger partial charge in [-0.1, -0.05) is 30.3 Å². The van der Waals surface area contributed by atoms with Gasteiger partial charge in [0.1, 0.15) is 0 Å². The highest BCUT2D eigenvalue weighted by Crippen LogP contribution is 2.08. The number of nitrogens with one attached hydrogen (secondary N) is 2. The molecule has 4 nitrogen and oxygen atoms in total. The number of benzene rings is 1. The predicted octanol–water partition coefficient (Wildman–Crippen LogP) is 2.72. The monoisotopic (exact) mass is 330 g/mol. The number of thiophene rings is 1. The van der Waals surface area contributed by atoms with Crippen LogP contribution in [0.5, 0.6) is 0 Å². The van der Waals surface area contributed by atoms with Crippen molar-refractivity contribution in [2.24, 2.45) is 4.99 Å². The average molecular weight is 331 g/mol. The molecule has 0 aliphatic heterocycles. The molecule has 0 spiro atoms. The van der Waals surface area contributed by atoms with E-state index in [0.29, 0.717) is 0 Å². The summed E-state index contributed by atoms with van der Waals surface area (Å²) in [6.07, 6.45) is 1.03. The number of nitrogens with zero attached hydrogens (tertiary/aromatic N) is 2. The molecule has 23 heavy (non-hydrogen) atoms. The van der Waals surface area contributed by atoms with E-state index in [1.807, 2.05) is 0 Å². The molecule has 1 aromatic heterocycles. The highest BCUT2D eigenvalue weighted by Gasteiger charge is 2.00. The smallest absolute Gasteiger partial charge is 0.191 e.